The number of benzene rings is 1. The number of methoxy groups -OCH3 is 1. The molecule has 2 N–H and O–H groups in total. The average Bonchev–Trinajstić information content (AvgIpc) is 2.52. The number of ether oxygens (including phenoxy) is 1. The third kappa shape index (κ3) is 6.58. The van der Waals surface area contributed by atoms with E-state index >= 15 is 0 Å². The highest BCUT2D eigenvalue weighted by Crippen LogP contribution is 2.23. The molecular weight excluding hydrogens is 308 g/mol. The normalized spacial score (nSPS) is 12.2. The lowest BCUT2D eigenvalue weighted by molar-refractivity contribution is -0.138. The number of nitrogens with one attached hydrogen (secondary N) is 1. The summed E-state index contributed by atoms with van der Waals surface area (Å²) >= 11 is 0. The fraction of sp³-hybridized carbons (Fsp3) is 0.556. The van der Waals surface area contributed by atoms with E-state index in [1.54, 1.807) is 12.0 Å². The number of carboxylic acid groups (broad SMARTS) is 1. The van der Waals surface area contributed by atoms with Crippen molar-refractivity contribution in [2.45, 2.75) is 33.2 Å². The lowest BCUT2D eigenvalue weighted by Crippen LogP contribution is -2.42. The molecule has 1 aromatic carbocycles. The van der Waals surface area contributed by atoms with Gasteiger partial charge in [0.2, 0.25) is 5.91 Å². The van der Waals surface area contributed by atoms with Crippen LogP contribution in [-0.4, -0.2) is 48.6 Å². The van der Waals surface area contributed by atoms with Crippen LogP contribution in [0.25, 0.3) is 0 Å². The van der Waals surface area contributed by atoms with Crippen LogP contribution in [0.5, 0.6) is 5.75 Å². The monoisotopic (exact) mass is 336 g/mol. The molecule has 1 rings (SSSR count). The zero-order valence-electron chi connectivity index (χ0n) is 14.9. The van der Waals surface area contributed by atoms with Crippen molar-refractivity contribution >= 4 is 11.9 Å². The van der Waals surface area contributed by atoms with Gasteiger partial charge < -0.3 is 15.2 Å². The van der Waals surface area contributed by atoms with E-state index in [1.165, 1.54) is 0 Å². The molecule has 0 spiro atoms. The molecule has 0 heterocycles. The van der Waals surface area contributed by atoms with Crippen molar-refractivity contribution in [3.05, 3.63) is 29.8 Å². The SMILES string of the molecule is CCCN(CC(=O)O)CC(=O)NC(c1ccc(OC)cc1)C(C)C. The van der Waals surface area contributed by atoms with Crippen LogP contribution in [0.1, 0.15) is 38.8 Å². The number of aliphatic carboxylic acids is 1. The van der Waals surface area contributed by atoms with E-state index in [2.05, 4.69) is 5.32 Å². The Balaban J connectivity index is 2.75. The summed E-state index contributed by atoms with van der Waals surface area (Å²) in [5, 5.41) is 12.0. The largest absolute Gasteiger partial charge is 0.497 e. The number of rotatable bonds is 10. The van der Waals surface area contributed by atoms with E-state index in [-0.39, 0.29) is 31.0 Å². The predicted molar refractivity (Wildman–Crippen MR) is 93.1 cm³/mol. The van der Waals surface area contributed by atoms with Crippen LogP contribution in [0.2, 0.25) is 0 Å². The standard InChI is InChI=1S/C18H28N2O4/c1-5-10-20(12-17(22)23)11-16(21)19-18(13(2)3)14-6-8-15(24-4)9-7-14/h6-9,13,18H,5,10-12H2,1-4H3,(H,19,21)(H,22,23). The second-order valence-electron chi connectivity index (χ2n) is 6.17. The van der Waals surface area contributed by atoms with E-state index in [4.69, 9.17) is 9.84 Å². The first-order chi connectivity index (χ1) is 11.4. The van der Waals surface area contributed by atoms with Crippen molar-refractivity contribution in [3.63, 3.8) is 0 Å². The minimum atomic E-state index is -0.924. The molecule has 0 bridgehead atoms. The van der Waals surface area contributed by atoms with E-state index in [0.717, 1.165) is 17.7 Å². The summed E-state index contributed by atoms with van der Waals surface area (Å²) in [5.74, 6) is -0.115. The maximum Gasteiger partial charge on any atom is 0.317 e. The molecule has 6 heteroatoms. The second kappa shape index (κ2) is 9.93. The molecular formula is C18H28N2O4. The molecule has 24 heavy (non-hydrogen) atoms. The fourth-order valence-electron chi connectivity index (χ4n) is 2.59. The number of hydrogen-bond acceptors (Lipinski definition) is 4. The average molecular weight is 336 g/mol. The van der Waals surface area contributed by atoms with Gasteiger partial charge >= 0.3 is 5.97 Å². The summed E-state index contributed by atoms with van der Waals surface area (Å²) in [5.41, 5.74) is 0.999. The topological polar surface area (TPSA) is 78.9 Å². The van der Waals surface area contributed by atoms with Crippen LogP contribution in [0, 0.1) is 5.92 Å². The first-order valence-electron chi connectivity index (χ1n) is 8.24. The van der Waals surface area contributed by atoms with Gasteiger partial charge in [0.15, 0.2) is 0 Å². The Hall–Kier alpha value is -2.08. The maximum atomic E-state index is 12.4. The number of carbonyl (C=O) groups is 2. The molecule has 1 unspecified atom stereocenters. The molecule has 0 fully saturated rings. The number of hydrogen-bond donors (Lipinski definition) is 2. The van der Waals surface area contributed by atoms with E-state index < -0.39 is 5.97 Å². The smallest absolute Gasteiger partial charge is 0.317 e. The van der Waals surface area contributed by atoms with E-state index in [1.807, 2.05) is 45.0 Å². The Bertz CT molecular complexity index is 528. The van der Waals surface area contributed by atoms with Crippen molar-refractivity contribution in [1.82, 2.24) is 10.2 Å². The molecule has 0 aromatic heterocycles. The number of carbonyl (C=O) groups excluding carboxylic acids is 1. The summed E-state index contributed by atoms with van der Waals surface area (Å²) in [7, 11) is 1.61. The van der Waals surface area contributed by atoms with Crippen molar-refractivity contribution in [2.75, 3.05) is 26.7 Å². The number of amides is 1. The number of carboxylic acids is 1. The molecule has 134 valence electrons. The molecule has 1 amide bonds. The van der Waals surface area contributed by atoms with Crippen LogP contribution in [0.3, 0.4) is 0 Å². The number of nitrogens with zero attached hydrogens (tertiary/aromatic N) is 1. The van der Waals surface area contributed by atoms with Crippen molar-refractivity contribution in [2.24, 2.45) is 5.92 Å². The molecule has 6 nitrogen and oxygen atoms in total. The van der Waals surface area contributed by atoms with Gasteiger partial charge in [-0.25, -0.2) is 0 Å². The first kappa shape index (κ1) is 20.0. The Labute approximate surface area is 143 Å². The molecule has 0 saturated carbocycles. The predicted octanol–water partition coefficient (Wildman–Crippen LogP) is 2.31. The highest BCUT2D eigenvalue weighted by atomic mass is 16.5. The maximum absolute atomic E-state index is 12.4. The molecule has 0 aliphatic carbocycles. The van der Waals surface area contributed by atoms with Crippen molar-refractivity contribution < 1.29 is 19.4 Å². The minimum Gasteiger partial charge on any atom is -0.497 e. The van der Waals surface area contributed by atoms with Crippen LogP contribution in [0.4, 0.5) is 0 Å². The van der Waals surface area contributed by atoms with Crippen molar-refractivity contribution in [3.8, 4) is 5.75 Å². The van der Waals surface area contributed by atoms with Gasteiger partial charge in [-0.1, -0.05) is 32.9 Å². The molecule has 0 saturated heterocycles. The van der Waals surface area contributed by atoms with Crippen LogP contribution in [0.15, 0.2) is 24.3 Å². The van der Waals surface area contributed by atoms with Gasteiger partial charge in [0, 0.05) is 0 Å². The van der Waals surface area contributed by atoms with Crippen molar-refractivity contribution in [1.29, 1.82) is 0 Å². The molecule has 1 aromatic rings. The summed E-state index contributed by atoms with van der Waals surface area (Å²) in [6, 6.07) is 7.47. The minimum absolute atomic E-state index is 0.0829. The molecule has 0 radical (unpaired) electrons. The van der Waals surface area contributed by atoms with E-state index in [9.17, 15) is 9.59 Å². The summed E-state index contributed by atoms with van der Waals surface area (Å²) < 4.78 is 5.16. The van der Waals surface area contributed by atoms with Gasteiger partial charge in [0.25, 0.3) is 0 Å². The second-order valence-corrected chi connectivity index (χ2v) is 6.17. The molecule has 0 aliphatic heterocycles. The van der Waals surface area contributed by atoms with Gasteiger partial charge in [0.05, 0.1) is 26.2 Å². The highest BCUT2D eigenvalue weighted by molar-refractivity contribution is 5.79. The summed E-state index contributed by atoms with van der Waals surface area (Å²) in [6.45, 7) is 6.57. The third-order valence-corrected chi connectivity index (χ3v) is 3.72. The van der Waals surface area contributed by atoms with Crippen LogP contribution in [-0.2, 0) is 9.59 Å². The third-order valence-electron chi connectivity index (χ3n) is 3.72. The Morgan fingerprint density at radius 2 is 1.83 bits per heavy atom. The van der Waals surface area contributed by atoms with Crippen LogP contribution < -0.4 is 10.1 Å². The van der Waals surface area contributed by atoms with Crippen LogP contribution >= 0.6 is 0 Å². The summed E-state index contributed by atoms with van der Waals surface area (Å²) in [6.07, 6.45) is 0.798. The Morgan fingerprint density at radius 1 is 1.21 bits per heavy atom. The fourth-order valence-corrected chi connectivity index (χ4v) is 2.59. The Kier molecular flexibility index (Phi) is 8.26. The molecule has 1 atom stereocenters. The van der Waals surface area contributed by atoms with Gasteiger partial charge in [-0.15, -0.1) is 0 Å². The lowest BCUT2D eigenvalue weighted by Gasteiger charge is -2.25. The first-order valence-corrected chi connectivity index (χ1v) is 8.24. The van der Waals surface area contributed by atoms with Gasteiger partial charge in [0.1, 0.15) is 5.75 Å². The lowest BCUT2D eigenvalue weighted by atomic mass is 9.96. The summed E-state index contributed by atoms with van der Waals surface area (Å²) in [4.78, 5) is 24.9. The van der Waals surface area contributed by atoms with Gasteiger partial charge in [-0.3, -0.25) is 14.5 Å². The Morgan fingerprint density at radius 3 is 2.29 bits per heavy atom. The zero-order chi connectivity index (χ0) is 18.1. The zero-order valence-corrected chi connectivity index (χ0v) is 14.9. The van der Waals surface area contributed by atoms with Gasteiger partial charge in [-0.2, -0.15) is 0 Å². The quantitative estimate of drug-likeness (QED) is 0.685. The van der Waals surface area contributed by atoms with Gasteiger partial charge in [-0.05, 0) is 36.6 Å². The highest BCUT2D eigenvalue weighted by Gasteiger charge is 2.20. The molecule has 0 aliphatic rings. The van der Waals surface area contributed by atoms with E-state index in [0.29, 0.717) is 6.54 Å².